The summed E-state index contributed by atoms with van der Waals surface area (Å²) in [6.45, 7) is 2.95. The number of hydrogen-bond donors (Lipinski definition) is 2. The van der Waals surface area contributed by atoms with Crippen LogP contribution in [0.25, 0.3) is 0 Å². The molecule has 0 radical (unpaired) electrons. The molecule has 0 amide bonds. The molecular weight excluding hydrogens is 292 g/mol. The van der Waals surface area contributed by atoms with Crippen LogP contribution < -0.4 is 10.6 Å². The van der Waals surface area contributed by atoms with Crippen molar-refractivity contribution in [1.29, 1.82) is 0 Å². The van der Waals surface area contributed by atoms with Crippen LogP contribution in [0, 0.1) is 5.92 Å². The Labute approximate surface area is 116 Å². The van der Waals surface area contributed by atoms with Gasteiger partial charge < -0.3 is 10.6 Å². The van der Waals surface area contributed by atoms with Crippen molar-refractivity contribution in [2.24, 2.45) is 5.92 Å². The molecule has 0 saturated heterocycles. The van der Waals surface area contributed by atoms with Gasteiger partial charge in [-0.25, -0.2) is 9.97 Å². The molecule has 1 aliphatic carbocycles. The average molecular weight is 311 g/mol. The SMILES string of the molecule is Brc1nc2c(c(NCC3CCCC3)n1)CNCC2. The van der Waals surface area contributed by atoms with Gasteiger partial charge in [-0.3, -0.25) is 0 Å². The van der Waals surface area contributed by atoms with Gasteiger partial charge >= 0.3 is 0 Å². The maximum Gasteiger partial charge on any atom is 0.198 e. The highest BCUT2D eigenvalue weighted by molar-refractivity contribution is 9.10. The summed E-state index contributed by atoms with van der Waals surface area (Å²) in [5.41, 5.74) is 2.44. The number of anilines is 1. The molecule has 2 heterocycles. The Hall–Kier alpha value is -0.680. The van der Waals surface area contributed by atoms with E-state index in [4.69, 9.17) is 0 Å². The molecule has 98 valence electrons. The lowest BCUT2D eigenvalue weighted by atomic mass is 10.1. The van der Waals surface area contributed by atoms with Crippen molar-refractivity contribution in [2.45, 2.75) is 38.6 Å². The number of hydrogen-bond acceptors (Lipinski definition) is 4. The van der Waals surface area contributed by atoms with Crippen LogP contribution in [0.15, 0.2) is 4.73 Å². The molecule has 0 bridgehead atoms. The van der Waals surface area contributed by atoms with Gasteiger partial charge in [-0.1, -0.05) is 12.8 Å². The Morgan fingerprint density at radius 3 is 2.94 bits per heavy atom. The summed E-state index contributed by atoms with van der Waals surface area (Å²) in [6.07, 6.45) is 6.49. The zero-order valence-corrected chi connectivity index (χ0v) is 12.1. The Morgan fingerprint density at radius 2 is 2.11 bits per heavy atom. The van der Waals surface area contributed by atoms with Gasteiger partial charge in [0.2, 0.25) is 0 Å². The second-order valence-corrected chi connectivity index (χ2v) is 5.93. The molecule has 5 heteroatoms. The van der Waals surface area contributed by atoms with E-state index in [1.807, 2.05) is 0 Å². The Kier molecular flexibility index (Phi) is 3.80. The van der Waals surface area contributed by atoms with Crippen LogP contribution >= 0.6 is 15.9 Å². The van der Waals surface area contributed by atoms with Crippen molar-refractivity contribution >= 4 is 21.7 Å². The fourth-order valence-electron chi connectivity index (χ4n) is 2.91. The minimum absolute atomic E-state index is 0.706. The van der Waals surface area contributed by atoms with Crippen LogP contribution in [0.2, 0.25) is 0 Å². The van der Waals surface area contributed by atoms with E-state index in [0.717, 1.165) is 37.8 Å². The molecule has 1 saturated carbocycles. The molecule has 0 aromatic carbocycles. The van der Waals surface area contributed by atoms with Gasteiger partial charge in [0.1, 0.15) is 5.82 Å². The first-order valence-corrected chi connectivity index (χ1v) is 7.62. The first-order chi connectivity index (χ1) is 8.83. The summed E-state index contributed by atoms with van der Waals surface area (Å²) in [5.74, 6) is 1.84. The third kappa shape index (κ3) is 2.67. The van der Waals surface area contributed by atoms with E-state index in [1.165, 1.54) is 36.9 Å². The fourth-order valence-corrected chi connectivity index (χ4v) is 3.31. The Bertz CT molecular complexity index is 429. The summed E-state index contributed by atoms with van der Waals surface area (Å²) < 4.78 is 0.706. The van der Waals surface area contributed by atoms with E-state index in [-0.39, 0.29) is 0 Å². The summed E-state index contributed by atoms with van der Waals surface area (Å²) in [5, 5.41) is 6.93. The number of nitrogens with one attached hydrogen (secondary N) is 2. The first-order valence-electron chi connectivity index (χ1n) is 6.83. The number of aromatic nitrogens is 2. The van der Waals surface area contributed by atoms with Crippen LogP contribution in [-0.4, -0.2) is 23.1 Å². The highest BCUT2D eigenvalue weighted by Crippen LogP contribution is 2.26. The van der Waals surface area contributed by atoms with E-state index in [0.29, 0.717) is 4.73 Å². The topological polar surface area (TPSA) is 49.8 Å². The molecule has 0 atom stereocenters. The van der Waals surface area contributed by atoms with Crippen molar-refractivity contribution in [2.75, 3.05) is 18.4 Å². The van der Waals surface area contributed by atoms with Gasteiger partial charge in [0.15, 0.2) is 4.73 Å². The van der Waals surface area contributed by atoms with Crippen molar-refractivity contribution in [3.8, 4) is 0 Å². The van der Waals surface area contributed by atoms with Gasteiger partial charge in [-0.15, -0.1) is 0 Å². The summed E-state index contributed by atoms with van der Waals surface area (Å²) in [4.78, 5) is 8.98. The average Bonchev–Trinajstić information content (AvgIpc) is 2.89. The molecule has 1 aromatic heterocycles. The minimum Gasteiger partial charge on any atom is -0.369 e. The molecule has 0 unspecified atom stereocenters. The monoisotopic (exact) mass is 310 g/mol. The maximum absolute atomic E-state index is 4.50. The quantitative estimate of drug-likeness (QED) is 0.842. The minimum atomic E-state index is 0.706. The molecule has 4 nitrogen and oxygen atoms in total. The standard InChI is InChI=1S/C13H19BrN4/c14-13-17-11-5-6-15-8-10(11)12(18-13)16-7-9-3-1-2-4-9/h9,15H,1-8H2,(H,16,17,18). The number of halogens is 1. The van der Waals surface area contributed by atoms with Gasteiger partial charge in [-0.2, -0.15) is 0 Å². The molecule has 1 fully saturated rings. The predicted octanol–water partition coefficient (Wildman–Crippen LogP) is 2.49. The number of fused-ring (bicyclic) bond motifs is 1. The van der Waals surface area contributed by atoms with Gasteiger partial charge in [0.05, 0.1) is 5.69 Å². The summed E-state index contributed by atoms with van der Waals surface area (Å²) in [6, 6.07) is 0. The van der Waals surface area contributed by atoms with Gasteiger partial charge in [0.25, 0.3) is 0 Å². The lowest BCUT2D eigenvalue weighted by Gasteiger charge is -2.20. The summed E-state index contributed by atoms with van der Waals surface area (Å²) in [7, 11) is 0. The van der Waals surface area contributed by atoms with E-state index in [2.05, 4.69) is 36.5 Å². The van der Waals surface area contributed by atoms with E-state index in [1.54, 1.807) is 0 Å². The molecule has 0 spiro atoms. The first kappa shape index (κ1) is 12.4. The van der Waals surface area contributed by atoms with Crippen molar-refractivity contribution in [1.82, 2.24) is 15.3 Å². The Morgan fingerprint density at radius 1 is 1.28 bits per heavy atom. The van der Waals surface area contributed by atoms with Gasteiger partial charge in [0, 0.05) is 31.6 Å². The highest BCUT2D eigenvalue weighted by Gasteiger charge is 2.19. The molecule has 18 heavy (non-hydrogen) atoms. The van der Waals surface area contributed by atoms with Crippen LogP contribution in [0.3, 0.4) is 0 Å². The summed E-state index contributed by atoms with van der Waals surface area (Å²) >= 11 is 3.41. The third-order valence-corrected chi connectivity index (χ3v) is 4.29. The second kappa shape index (κ2) is 5.53. The van der Waals surface area contributed by atoms with E-state index in [9.17, 15) is 0 Å². The third-order valence-electron chi connectivity index (χ3n) is 3.94. The van der Waals surface area contributed by atoms with Crippen LogP contribution in [0.5, 0.6) is 0 Å². The molecule has 1 aromatic rings. The lowest BCUT2D eigenvalue weighted by molar-refractivity contribution is 0.575. The van der Waals surface area contributed by atoms with E-state index < -0.39 is 0 Å². The van der Waals surface area contributed by atoms with Crippen LogP contribution in [0.4, 0.5) is 5.82 Å². The Balaban J connectivity index is 1.75. The molecule has 1 aliphatic heterocycles. The van der Waals surface area contributed by atoms with Crippen molar-refractivity contribution < 1.29 is 0 Å². The highest BCUT2D eigenvalue weighted by atomic mass is 79.9. The van der Waals surface area contributed by atoms with Gasteiger partial charge in [-0.05, 0) is 34.7 Å². The predicted molar refractivity (Wildman–Crippen MR) is 75.6 cm³/mol. The molecule has 2 N–H and O–H groups in total. The van der Waals surface area contributed by atoms with E-state index >= 15 is 0 Å². The zero-order chi connectivity index (χ0) is 12.4. The van der Waals surface area contributed by atoms with Crippen LogP contribution in [0.1, 0.15) is 36.9 Å². The van der Waals surface area contributed by atoms with Crippen LogP contribution in [-0.2, 0) is 13.0 Å². The lowest BCUT2D eigenvalue weighted by Crippen LogP contribution is -2.27. The molecular formula is C13H19BrN4. The maximum atomic E-state index is 4.50. The van der Waals surface area contributed by atoms with Crippen molar-refractivity contribution in [3.05, 3.63) is 16.0 Å². The number of nitrogens with zero attached hydrogens (tertiary/aromatic N) is 2. The second-order valence-electron chi connectivity index (χ2n) is 5.22. The smallest absolute Gasteiger partial charge is 0.198 e. The normalized spacial score (nSPS) is 19.8. The molecule has 3 rings (SSSR count). The fraction of sp³-hybridized carbons (Fsp3) is 0.692. The zero-order valence-electron chi connectivity index (χ0n) is 10.5. The number of rotatable bonds is 3. The largest absolute Gasteiger partial charge is 0.369 e. The van der Waals surface area contributed by atoms with Crippen molar-refractivity contribution in [3.63, 3.8) is 0 Å². The molecule has 2 aliphatic rings.